The lowest BCUT2D eigenvalue weighted by Crippen LogP contribution is -2.14. The van der Waals surface area contributed by atoms with E-state index in [9.17, 15) is 18.8 Å². The van der Waals surface area contributed by atoms with E-state index in [0.29, 0.717) is 44.5 Å². The van der Waals surface area contributed by atoms with Gasteiger partial charge in [0.05, 0.1) is 27.6 Å². The first-order chi connectivity index (χ1) is 17.8. The zero-order valence-electron chi connectivity index (χ0n) is 19.4. The molecular formula is C27H20ClFN2O5S. The van der Waals surface area contributed by atoms with Crippen LogP contribution in [0.1, 0.15) is 40.9 Å². The number of Topliss-reactive ketones (excluding diaryl/α,β-unsaturated/α-hetero) is 1. The molecule has 1 unspecified atom stereocenters. The van der Waals surface area contributed by atoms with Crippen LogP contribution in [-0.2, 0) is 18.0 Å². The zero-order valence-corrected chi connectivity index (χ0v) is 21.0. The summed E-state index contributed by atoms with van der Waals surface area (Å²) < 4.78 is 24.5. The largest absolute Gasteiger partial charge is 0.354 e. The SMILES string of the molecule is CCC(C(=O)c1ccc(F)cc1)c1cc(NC2=CS3(OC(=O)C=CC(=O)O3)c3cc(Cl)ccc32)ccn1. The minimum Gasteiger partial charge on any atom is -0.354 e. The smallest absolute Gasteiger partial charge is 0.354 e. The summed E-state index contributed by atoms with van der Waals surface area (Å²) in [6.07, 6.45) is 4.11. The summed E-state index contributed by atoms with van der Waals surface area (Å²) in [6.45, 7) is 1.88. The fourth-order valence-corrected chi connectivity index (χ4v) is 6.68. The van der Waals surface area contributed by atoms with Gasteiger partial charge in [0.1, 0.15) is 5.82 Å². The van der Waals surface area contributed by atoms with Gasteiger partial charge in [0.25, 0.3) is 0 Å². The summed E-state index contributed by atoms with van der Waals surface area (Å²) in [5.41, 5.74) is 2.74. The maximum absolute atomic E-state index is 13.3. The Hall–Kier alpha value is -3.95. The third-order valence-electron chi connectivity index (χ3n) is 5.85. The Labute approximate surface area is 218 Å². The Morgan fingerprint density at radius 3 is 2.43 bits per heavy atom. The van der Waals surface area contributed by atoms with Gasteiger partial charge in [-0.1, -0.05) is 29.1 Å². The number of benzene rings is 2. The van der Waals surface area contributed by atoms with Crippen molar-refractivity contribution < 1.29 is 27.1 Å². The fourth-order valence-electron chi connectivity index (χ4n) is 4.14. The van der Waals surface area contributed by atoms with E-state index in [1.165, 1.54) is 24.3 Å². The molecule has 1 spiro atoms. The molecule has 0 radical (unpaired) electrons. The molecule has 1 N–H and O–H groups in total. The number of anilines is 1. The molecule has 1 atom stereocenters. The molecule has 0 saturated carbocycles. The molecule has 1 aromatic heterocycles. The molecule has 0 amide bonds. The van der Waals surface area contributed by atoms with Crippen molar-refractivity contribution >= 4 is 51.3 Å². The normalized spacial score (nSPS) is 17.2. The third-order valence-corrected chi connectivity index (χ3v) is 8.41. The number of hydrogen-bond acceptors (Lipinski definition) is 7. The van der Waals surface area contributed by atoms with Crippen LogP contribution in [0.15, 0.2) is 83.2 Å². The molecule has 3 heterocycles. The molecule has 2 aromatic carbocycles. The number of halogens is 2. The van der Waals surface area contributed by atoms with Crippen molar-refractivity contribution in [2.24, 2.45) is 0 Å². The number of ketones is 1. The van der Waals surface area contributed by atoms with E-state index in [1.54, 1.807) is 41.9 Å². The van der Waals surface area contributed by atoms with Gasteiger partial charge in [-0.25, -0.2) is 14.0 Å². The Morgan fingerprint density at radius 2 is 1.76 bits per heavy atom. The molecule has 37 heavy (non-hydrogen) atoms. The van der Waals surface area contributed by atoms with E-state index in [1.807, 2.05) is 6.92 Å². The van der Waals surface area contributed by atoms with Crippen molar-refractivity contribution in [1.82, 2.24) is 4.98 Å². The Kier molecular flexibility index (Phi) is 6.57. The molecule has 2 aliphatic rings. The Balaban J connectivity index is 1.48. The van der Waals surface area contributed by atoms with E-state index < -0.39 is 34.3 Å². The molecule has 0 saturated heterocycles. The number of pyridine rings is 1. The second-order valence-corrected chi connectivity index (χ2v) is 10.8. The summed E-state index contributed by atoms with van der Waals surface area (Å²) in [5, 5.41) is 5.25. The minimum atomic E-state index is -2.90. The highest BCUT2D eigenvalue weighted by molar-refractivity contribution is 8.29. The van der Waals surface area contributed by atoms with Crippen LogP contribution in [0.4, 0.5) is 10.1 Å². The predicted molar refractivity (Wildman–Crippen MR) is 138 cm³/mol. The summed E-state index contributed by atoms with van der Waals surface area (Å²) >= 11 is 6.22. The molecule has 7 nitrogen and oxygen atoms in total. The van der Waals surface area contributed by atoms with Crippen LogP contribution in [0.3, 0.4) is 0 Å². The van der Waals surface area contributed by atoms with Crippen LogP contribution >= 0.6 is 22.2 Å². The van der Waals surface area contributed by atoms with Crippen LogP contribution in [0, 0.1) is 5.82 Å². The number of nitrogens with zero attached hydrogens (tertiary/aromatic N) is 1. The van der Waals surface area contributed by atoms with Crippen LogP contribution in [0.2, 0.25) is 5.02 Å². The first kappa shape index (κ1) is 24.7. The van der Waals surface area contributed by atoms with Crippen LogP contribution < -0.4 is 5.32 Å². The maximum Gasteiger partial charge on any atom is 0.354 e. The van der Waals surface area contributed by atoms with Gasteiger partial charge < -0.3 is 13.7 Å². The first-order valence-corrected chi connectivity index (χ1v) is 13.2. The standard InChI is InChI=1S/C27H20ClFN2O5S/c1-2-20(27(34)16-3-6-18(29)7-4-16)22-14-19(11-12-30-22)31-23-15-37(24-13-17(28)5-8-21(23)24)35-25(32)9-10-26(33)36-37/h3-15,20H,2H2,1H3,(H,30,31). The van der Waals surface area contributed by atoms with Crippen molar-refractivity contribution in [3.63, 3.8) is 0 Å². The van der Waals surface area contributed by atoms with Crippen LogP contribution in [-0.4, -0.2) is 22.7 Å². The van der Waals surface area contributed by atoms with Crippen LogP contribution in [0.25, 0.3) is 5.70 Å². The second kappa shape index (κ2) is 9.84. The van der Waals surface area contributed by atoms with Gasteiger partial charge in [-0.2, -0.15) is 0 Å². The van der Waals surface area contributed by atoms with E-state index in [2.05, 4.69) is 10.3 Å². The summed E-state index contributed by atoms with van der Waals surface area (Å²) in [5.74, 6) is -2.54. The highest BCUT2D eigenvalue weighted by Crippen LogP contribution is 2.67. The third kappa shape index (κ3) is 4.87. The number of carbonyl (C=O) groups excluding carboxylic acids is 3. The number of carbonyl (C=O) groups is 3. The molecule has 0 fully saturated rings. The Bertz CT molecular complexity index is 1470. The van der Waals surface area contributed by atoms with E-state index >= 15 is 0 Å². The quantitative estimate of drug-likeness (QED) is 0.367. The van der Waals surface area contributed by atoms with Gasteiger partial charge >= 0.3 is 11.9 Å². The van der Waals surface area contributed by atoms with Crippen LogP contribution in [0.5, 0.6) is 0 Å². The maximum atomic E-state index is 13.3. The van der Waals surface area contributed by atoms with Gasteiger partial charge in [0, 0.05) is 40.2 Å². The van der Waals surface area contributed by atoms with Gasteiger partial charge in [0.15, 0.2) is 5.78 Å². The number of rotatable bonds is 6. The first-order valence-electron chi connectivity index (χ1n) is 11.3. The number of fused-ring (bicyclic) bond motifs is 2. The highest BCUT2D eigenvalue weighted by Gasteiger charge is 2.39. The van der Waals surface area contributed by atoms with Crippen molar-refractivity contribution in [2.75, 3.05) is 5.32 Å². The van der Waals surface area contributed by atoms with Crippen molar-refractivity contribution in [3.05, 3.63) is 106 Å². The lowest BCUT2D eigenvalue weighted by Gasteiger charge is -2.34. The average Bonchev–Trinajstić information content (AvgIpc) is 3.05. The van der Waals surface area contributed by atoms with E-state index in [-0.39, 0.29) is 5.78 Å². The van der Waals surface area contributed by atoms with Gasteiger partial charge in [-0.05, 0) is 61.0 Å². The minimum absolute atomic E-state index is 0.166. The monoisotopic (exact) mass is 538 g/mol. The molecule has 188 valence electrons. The molecule has 10 heteroatoms. The number of aromatic nitrogens is 1. The molecule has 2 aliphatic heterocycles. The van der Waals surface area contributed by atoms with E-state index in [0.717, 1.165) is 12.2 Å². The second-order valence-electron chi connectivity index (χ2n) is 8.28. The molecule has 3 aromatic rings. The summed E-state index contributed by atoms with van der Waals surface area (Å²) in [4.78, 5) is 42.5. The average molecular weight is 539 g/mol. The molecular weight excluding hydrogens is 519 g/mol. The Morgan fingerprint density at radius 1 is 1.05 bits per heavy atom. The van der Waals surface area contributed by atoms with E-state index in [4.69, 9.17) is 20.0 Å². The highest BCUT2D eigenvalue weighted by atomic mass is 35.5. The number of hydrogen-bond donors (Lipinski definition) is 1. The summed E-state index contributed by atoms with van der Waals surface area (Å²) in [7, 11) is -2.90. The molecule has 0 aliphatic carbocycles. The van der Waals surface area contributed by atoms with Crippen molar-refractivity contribution in [3.8, 4) is 0 Å². The zero-order chi connectivity index (χ0) is 26.2. The van der Waals surface area contributed by atoms with Gasteiger partial charge in [0.2, 0.25) is 0 Å². The lowest BCUT2D eigenvalue weighted by molar-refractivity contribution is -0.129. The summed E-state index contributed by atoms with van der Waals surface area (Å²) in [6, 6.07) is 13.9. The van der Waals surface area contributed by atoms with Crippen molar-refractivity contribution in [1.29, 1.82) is 0 Å². The van der Waals surface area contributed by atoms with Crippen molar-refractivity contribution in [2.45, 2.75) is 24.2 Å². The molecule has 0 bridgehead atoms. The lowest BCUT2D eigenvalue weighted by atomic mass is 9.91. The fraction of sp³-hybridized carbons (Fsp3) is 0.111. The molecule has 5 rings (SSSR count). The number of nitrogens with one attached hydrogen (secondary N) is 1. The van der Waals surface area contributed by atoms with Gasteiger partial charge in [-0.15, -0.1) is 0 Å². The topological polar surface area (TPSA) is 94.6 Å². The van der Waals surface area contributed by atoms with Gasteiger partial charge in [-0.3, -0.25) is 9.78 Å². The predicted octanol–water partition coefficient (Wildman–Crippen LogP) is 6.32.